The molecule has 1 heterocycles. The molecule has 0 atom stereocenters. The molecule has 0 aromatic heterocycles. The van der Waals surface area contributed by atoms with Gasteiger partial charge in [-0.15, -0.1) is 0 Å². The van der Waals surface area contributed by atoms with Crippen LogP contribution in [-0.4, -0.2) is 49.1 Å². The standard InChI is InChI=1S/C18H23F2N5/c1-4-14(2)23-25(16-7-5-15(11-21)6-8-16)17(22-3)12-24-10-9-18(19,20)13-24/h5-8H,4,9-10,12-13H2,1-3H3. The maximum Gasteiger partial charge on any atom is 0.261 e. The van der Waals surface area contributed by atoms with E-state index >= 15 is 0 Å². The quantitative estimate of drug-likeness (QED) is 0.465. The van der Waals surface area contributed by atoms with Crippen molar-refractivity contribution in [2.75, 3.05) is 31.7 Å². The Hall–Kier alpha value is -2.33. The molecule has 1 aromatic rings. The van der Waals surface area contributed by atoms with Crippen molar-refractivity contribution in [3.63, 3.8) is 0 Å². The zero-order valence-electron chi connectivity index (χ0n) is 14.8. The van der Waals surface area contributed by atoms with Crippen LogP contribution in [0.4, 0.5) is 14.5 Å². The lowest BCUT2D eigenvalue weighted by Crippen LogP contribution is -2.38. The summed E-state index contributed by atoms with van der Waals surface area (Å²) in [5.41, 5.74) is 2.20. The summed E-state index contributed by atoms with van der Waals surface area (Å²) < 4.78 is 26.9. The molecule has 1 fully saturated rings. The zero-order chi connectivity index (χ0) is 18.4. The first-order valence-corrected chi connectivity index (χ1v) is 8.28. The molecule has 2 rings (SSSR count). The predicted molar refractivity (Wildman–Crippen MR) is 96.4 cm³/mol. The van der Waals surface area contributed by atoms with Crippen molar-refractivity contribution < 1.29 is 8.78 Å². The van der Waals surface area contributed by atoms with Crippen LogP contribution < -0.4 is 5.01 Å². The topological polar surface area (TPSA) is 55.0 Å². The van der Waals surface area contributed by atoms with Gasteiger partial charge in [0.15, 0.2) is 0 Å². The van der Waals surface area contributed by atoms with Crippen LogP contribution in [0.2, 0.25) is 0 Å². The first kappa shape index (κ1) is 19.0. The molecule has 0 amide bonds. The summed E-state index contributed by atoms with van der Waals surface area (Å²) in [5.74, 6) is -2.05. The monoisotopic (exact) mass is 347 g/mol. The highest BCUT2D eigenvalue weighted by Crippen LogP contribution is 2.27. The Labute approximate surface area is 147 Å². The van der Waals surface area contributed by atoms with Crippen molar-refractivity contribution >= 4 is 17.2 Å². The molecule has 0 aliphatic carbocycles. The Morgan fingerprint density at radius 3 is 2.52 bits per heavy atom. The fourth-order valence-electron chi connectivity index (χ4n) is 2.56. The van der Waals surface area contributed by atoms with E-state index in [9.17, 15) is 8.78 Å². The molecule has 1 aromatic carbocycles. The van der Waals surface area contributed by atoms with Crippen LogP contribution in [0.5, 0.6) is 0 Å². The second kappa shape index (κ2) is 8.17. The van der Waals surface area contributed by atoms with Gasteiger partial charge in [0.2, 0.25) is 0 Å². The van der Waals surface area contributed by atoms with Crippen LogP contribution in [0.15, 0.2) is 34.4 Å². The number of hydrogen-bond acceptors (Lipinski definition) is 4. The lowest BCUT2D eigenvalue weighted by atomic mass is 10.2. The number of halogens is 2. The third-order valence-electron chi connectivity index (χ3n) is 4.14. The van der Waals surface area contributed by atoms with Gasteiger partial charge in [-0.25, -0.2) is 13.8 Å². The second-order valence-electron chi connectivity index (χ2n) is 6.12. The van der Waals surface area contributed by atoms with E-state index in [1.165, 1.54) is 0 Å². The molecule has 1 aliphatic heterocycles. The fourth-order valence-corrected chi connectivity index (χ4v) is 2.56. The molecule has 25 heavy (non-hydrogen) atoms. The van der Waals surface area contributed by atoms with Gasteiger partial charge >= 0.3 is 0 Å². The number of aliphatic imine (C=N–C) groups is 1. The minimum absolute atomic E-state index is 0.127. The SMILES string of the molecule is CCC(C)=NN(C(CN1CCC(F)(F)C1)=NC)c1ccc(C#N)cc1. The van der Waals surface area contributed by atoms with Gasteiger partial charge < -0.3 is 0 Å². The highest BCUT2D eigenvalue weighted by Gasteiger charge is 2.38. The average Bonchev–Trinajstić information content (AvgIpc) is 2.96. The molecule has 0 bridgehead atoms. The minimum atomic E-state index is -2.64. The number of benzene rings is 1. The van der Waals surface area contributed by atoms with E-state index < -0.39 is 5.92 Å². The smallest absolute Gasteiger partial charge is 0.261 e. The summed E-state index contributed by atoms with van der Waals surface area (Å²) >= 11 is 0. The van der Waals surface area contributed by atoms with Gasteiger partial charge in [0.05, 0.1) is 30.4 Å². The Bertz CT molecular complexity index is 688. The second-order valence-corrected chi connectivity index (χ2v) is 6.12. The van der Waals surface area contributed by atoms with Gasteiger partial charge in [-0.05, 0) is 37.6 Å². The van der Waals surface area contributed by atoms with Crippen LogP contribution in [0.3, 0.4) is 0 Å². The molecule has 0 saturated carbocycles. The summed E-state index contributed by atoms with van der Waals surface area (Å²) in [6.07, 6.45) is 0.643. The molecule has 0 N–H and O–H groups in total. The number of amidine groups is 1. The number of hydrogen-bond donors (Lipinski definition) is 0. The third kappa shape index (κ3) is 5.07. The average molecular weight is 347 g/mol. The number of nitrogens with zero attached hydrogens (tertiary/aromatic N) is 5. The first-order valence-electron chi connectivity index (χ1n) is 8.28. The number of rotatable bonds is 5. The molecule has 1 saturated heterocycles. The van der Waals surface area contributed by atoms with E-state index in [1.54, 1.807) is 41.2 Å². The maximum atomic E-state index is 13.5. The fraction of sp³-hybridized carbons (Fsp3) is 0.500. The van der Waals surface area contributed by atoms with E-state index in [4.69, 9.17) is 5.26 Å². The summed E-state index contributed by atoms with van der Waals surface area (Å²) in [4.78, 5) is 5.98. The van der Waals surface area contributed by atoms with Crippen molar-refractivity contribution in [3.8, 4) is 6.07 Å². The number of alkyl halides is 2. The Balaban J connectivity index is 2.28. The highest BCUT2D eigenvalue weighted by molar-refractivity contribution is 6.00. The van der Waals surface area contributed by atoms with E-state index in [1.807, 2.05) is 13.8 Å². The molecule has 0 spiro atoms. The maximum absolute atomic E-state index is 13.5. The molecular weight excluding hydrogens is 324 g/mol. The minimum Gasteiger partial charge on any atom is -0.290 e. The number of likely N-dealkylation sites (tertiary alicyclic amines) is 1. The summed E-state index contributed by atoms with van der Waals surface area (Å²) in [6, 6.07) is 9.06. The van der Waals surface area contributed by atoms with Gasteiger partial charge in [-0.1, -0.05) is 6.92 Å². The normalized spacial score (nSPS) is 18.2. The van der Waals surface area contributed by atoms with Crippen LogP contribution in [-0.2, 0) is 0 Å². The highest BCUT2D eigenvalue weighted by atomic mass is 19.3. The van der Waals surface area contributed by atoms with Crippen LogP contribution >= 0.6 is 0 Å². The van der Waals surface area contributed by atoms with Crippen molar-refractivity contribution in [2.45, 2.75) is 32.6 Å². The molecule has 5 nitrogen and oxygen atoms in total. The Kier molecular flexibility index (Phi) is 6.21. The first-order chi connectivity index (χ1) is 11.9. The molecule has 1 aliphatic rings. The lowest BCUT2D eigenvalue weighted by molar-refractivity contribution is 0.0136. The van der Waals surface area contributed by atoms with Gasteiger partial charge in [0, 0.05) is 25.7 Å². The van der Waals surface area contributed by atoms with Crippen molar-refractivity contribution in [3.05, 3.63) is 29.8 Å². The van der Waals surface area contributed by atoms with E-state index in [2.05, 4.69) is 16.2 Å². The van der Waals surface area contributed by atoms with Crippen molar-refractivity contribution in [2.24, 2.45) is 10.1 Å². The number of hydrazone groups is 1. The van der Waals surface area contributed by atoms with Crippen LogP contribution in [0, 0.1) is 11.3 Å². The molecule has 134 valence electrons. The van der Waals surface area contributed by atoms with E-state index in [-0.39, 0.29) is 13.0 Å². The van der Waals surface area contributed by atoms with Crippen LogP contribution in [0.25, 0.3) is 0 Å². The largest absolute Gasteiger partial charge is 0.290 e. The molecular formula is C18H23F2N5. The zero-order valence-corrected chi connectivity index (χ0v) is 14.8. The lowest BCUT2D eigenvalue weighted by Gasteiger charge is -2.25. The molecule has 0 radical (unpaired) electrons. The van der Waals surface area contributed by atoms with Crippen molar-refractivity contribution in [1.29, 1.82) is 5.26 Å². The van der Waals surface area contributed by atoms with Crippen LogP contribution in [0.1, 0.15) is 32.3 Å². The number of nitriles is 1. The number of anilines is 1. The Morgan fingerprint density at radius 1 is 1.36 bits per heavy atom. The third-order valence-corrected chi connectivity index (χ3v) is 4.14. The van der Waals surface area contributed by atoms with Gasteiger partial charge in [-0.3, -0.25) is 9.89 Å². The summed E-state index contributed by atoms with van der Waals surface area (Å²) in [7, 11) is 1.64. The van der Waals surface area contributed by atoms with Gasteiger partial charge in [-0.2, -0.15) is 10.4 Å². The Morgan fingerprint density at radius 2 is 2.04 bits per heavy atom. The van der Waals surface area contributed by atoms with E-state index in [0.717, 1.165) is 17.8 Å². The molecule has 7 heteroatoms. The van der Waals surface area contributed by atoms with Crippen molar-refractivity contribution in [1.82, 2.24) is 4.90 Å². The van der Waals surface area contributed by atoms with Gasteiger partial charge in [0.1, 0.15) is 5.84 Å². The summed E-state index contributed by atoms with van der Waals surface area (Å²) in [5, 5.41) is 15.2. The summed E-state index contributed by atoms with van der Waals surface area (Å²) in [6.45, 7) is 4.29. The van der Waals surface area contributed by atoms with E-state index in [0.29, 0.717) is 24.5 Å². The van der Waals surface area contributed by atoms with Gasteiger partial charge in [0.25, 0.3) is 5.92 Å². The predicted octanol–water partition coefficient (Wildman–Crippen LogP) is 3.52. The molecule has 0 unspecified atom stereocenters.